The second-order valence-corrected chi connectivity index (χ2v) is 13.7. The highest BCUT2D eigenvalue weighted by molar-refractivity contribution is 7.99. The van der Waals surface area contributed by atoms with Gasteiger partial charge in [0.1, 0.15) is 5.70 Å². The minimum absolute atomic E-state index is 0.0626. The van der Waals surface area contributed by atoms with E-state index in [0.717, 1.165) is 32.3 Å². The van der Waals surface area contributed by atoms with Crippen LogP contribution in [0.15, 0.2) is 102 Å². The van der Waals surface area contributed by atoms with Crippen LogP contribution in [0.3, 0.4) is 0 Å². The van der Waals surface area contributed by atoms with Crippen molar-refractivity contribution in [2.75, 3.05) is 19.0 Å². The molecule has 1 N–H and O–H groups in total. The standard InChI is InChI=1S/C36H36ClN2O6PS/c1-5-39-33-18-12-25(35(40)29-11-9-8-10-24(29)4)22-30(33)31-23-26(13-19-34(31)39)36(41)32(38-45-46(42,43-6-2)44-7-3)20-21-47-28-16-14-27(37)15-17-28/h8-20,22-23,38H,5-7,21H2,1-4H3/b32-20-. The van der Waals surface area contributed by atoms with Gasteiger partial charge in [0.25, 0.3) is 0 Å². The Morgan fingerprint density at radius 1 is 0.872 bits per heavy atom. The van der Waals surface area contributed by atoms with E-state index in [1.165, 1.54) is 11.8 Å². The molecular formula is C36H36ClN2O6PS. The van der Waals surface area contributed by atoms with E-state index in [4.69, 9.17) is 25.3 Å². The van der Waals surface area contributed by atoms with Crippen molar-refractivity contribution < 1.29 is 27.8 Å². The number of halogens is 1. The van der Waals surface area contributed by atoms with Crippen LogP contribution >= 0.6 is 31.2 Å². The molecule has 0 spiro atoms. The Hall–Kier alpha value is -3.69. The van der Waals surface area contributed by atoms with E-state index in [-0.39, 0.29) is 30.5 Å². The number of nitrogens with zero attached hydrogens (tertiary/aromatic N) is 1. The number of hydrogen-bond donors (Lipinski definition) is 1. The van der Waals surface area contributed by atoms with Gasteiger partial charge >= 0.3 is 7.82 Å². The zero-order valence-corrected chi connectivity index (χ0v) is 29.1. The van der Waals surface area contributed by atoms with E-state index in [1.807, 2.05) is 73.7 Å². The Kier molecular flexibility index (Phi) is 11.4. The first-order valence-electron chi connectivity index (χ1n) is 15.3. The summed E-state index contributed by atoms with van der Waals surface area (Å²) in [6, 6.07) is 26.1. The van der Waals surface area contributed by atoms with Crippen LogP contribution in [0.4, 0.5) is 0 Å². The minimum Gasteiger partial charge on any atom is -0.341 e. The summed E-state index contributed by atoms with van der Waals surface area (Å²) in [7, 11) is -3.98. The Morgan fingerprint density at radius 3 is 2.11 bits per heavy atom. The van der Waals surface area contributed by atoms with Crippen LogP contribution in [-0.2, 0) is 24.8 Å². The van der Waals surface area contributed by atoms with Gasteiger partial charge in [-0.1, -0.05) is 35.9 Å². The number of carbonyl (C=O) groups is 2. The maximum Gasteiger partial charge on any atom is 0.496 e. The van der Waals surface area contributed by atoms with Crippen LogP contribution in [0.1, 0.15) is 52.6 Å². The molecule has 0 aliphatic carbocycles. The van der Waals surface area contributed by atoms with E-state index in [2.05, 4.69) is 17.0 Å². The van der Waals surface area contributed by atoms with Crippen molar-refractivity contribution in [3.63, 3.8) is 0 Å². The molecule has 4 aromatic carbocycles. The number of benzene rings is 4. The van der Waals surface area contributed by atoms with E-state index in [0.29, 0.717) is 34.0 Å². The summed E-state index contributed by atoms with van der Waals surface area (Å²) in [6.07, 6.45) is 1.67. The van der Waals surface area contributed by atoms with Crippen molar-refractivity contribution >= 4 is 64.6 Å². The lowest BCUT2D eigenvalue weighted by molar-refractivity contribution is 0.0812. The van der Waals surface area contributed by atoms with Gasteiger partial charge in [-0.25, -0.2) is 4.57 Å². The maximum atomic E-state index is 14.0. The normalized spacial score (nSPS) is 12.1. The third-order valence-corrected chi connectivity index (χ3v) is 10.2. The fraction of sp³-hybridized carbons (Fsp3) is 0.222. The van der Waals surface area contributed by atoms with Crippen LogP contribution in [0.25, 0.3) is 21.8 Å². The molecule has 11 heteroatoms. The lowest BCUT2D eigenvalue weighted by Gasteiger charge is -2.18. The second kappa shape index (κ2) is 15.5. The molecule has 244 valence electrons. The van der Waals surface area contributed by atoms with Gasteiger partial charge in [0.15, 0.2) is 5.78 Å². The smallest absolute Gasteiger partial charge is 0.341 e. The fourth-order valence-electron chi connectivity index (χ4n) is 5.31. The molecule has 0 saturated carbocycles. The number of rotatable bonds is 15. The summed E-state index contributed by atoms with van der Waals surface area (Å²) in [5.74, 6) is -0.0471. The monoisotopic (exact) mass is 690 g/mol. The minimum atomic E-state index is -3.98. The van der Waals surface area contributed by atoms with Crippen molar-refractivity contribution in [1.82, 2.24) is 10.0 Å². The number of phosphoric acid groups is 1. The van der Waals surface area contributed by atoms with Gasteiger partial charge in [0, 0.05) is 60.7 Å². The first kappa shape index (κ1) is 34.6. The third kappa shape index (κ3) is 7.90. The average Bonchev–Trinajstić information content (AvgIpc) is 3.39. The fourth-order valence-corrected chi connectivity index (χ4v) is 7.23. The van der Waals surface area contributed by atoms with Crippen molar-refractivity contribution in [3.05, 3.63) is 124 Å². The van der Waals surface area contributed by atoms with Crippen LogP contribution in [-0.4, -0.2) is 35.1 Å². The summed E-state index contributed by atoms with van der Waals surface area (Å²) in [6.45, 7) is 8.19. The average molecular weight is 691 g/mol. The maximum absolute atomic E-state index is 14.0. The Bertz CT molecular complexity index is 2000. The highest BCUT2D eigenvalue weighted by Gasteiger charge is 2.28. The van der Waals surface area contributed by atoms with Gasteiger partial charge in [-0.15, -0.1) is 11.8 Å². The molecule has 0 aliphatic rings. The Labute approximate surface area is 283 Å². The number of fused-ring (bicyclic) bond motifs is 3. The first-order chi connectivity index (χ1) is 22.7. The number of hydroxylamine groups is 1. The van der Waals surface area contributed by atoms with Gasteiger partial charge in [-0.2, -0.15) is 4.62 Å². The number of thioether (sulfide) groups is 1. The lowest BCUT2D eigenvalue weighted by Crippen LogP contribution is -2.22. The molecular weight excluding hydrogens is 655 g/mol. The van der Waals surface area contributed by atoms with Crippen molar-refractivity contribution in [1.29, 1.82) is 0 Å². The molecule has 1 heterocycles. The molecule has 0 bridgehead atoms. The molecule has 0 atom stereocenters. The number of phosphoric ester groups is 1. The summed E-state index contributed by atoms with van der Waals surface area (Å²) in [4.78, 5) is 28.5. The Balaban J connectivity index is 1.52. The van der Waals surface area contributed by atoms with Gasteiger partial charge in [-0.3, -0.25) is 24.1 Å². The molecule has 5 rings (SSSR count). The Morgan fingerprint density at radius 2 is 1.49 bits per heavy atom. The van der Waals surface area contributed by atoms with Crippen LogP contribution in [0.2, 0.25) is 5.02 Å². The van der Waals surface area contributed by atoms with Gasteiger partial charge in [-0.05, 0) is 100.0 Å². The highest BCUT2D eigenvalue weighted by Crippen LogP contribution is 2.48. The van der Waals surface area contributed by atoms with Gasteiger partial charge < -0.3 is 4.57 Å². The van der Waals surface area contributed by atoms with Crippen LogP contribution < -0.4 is 5.48 Å². The SMILES string of the molecule is CCOP(=O)(OCC)ON/C(=C\CSc1ccc(Cl)cc1)C(=O)c1ccc2c(c1)c1cc(C(=O)c3ccccc3C)ccc1n2CC. The molecule has 0 amide bonds. The van der Waals surface area contributed by atoms with Crippen molar-refractivity contribution in [2.45, 2.75) is 39.1 Å². The number of carbonyl (C=O) groups excluding carboxylic acids is 2. The van der Waals surface area contributed by atoms with Crippen LogP contribution in [0, 0.1) is 6.92 Å². The van der Waals surface area contributed by atoms with E-state index in [1.54, 1.807) is 38.1 Å². The first-order valence-corrected chi connectivity index (χ1v) is 18.1. The van der Waals surface area contributed by atoms with Crippen molar-refractivity contribution in [2.24, 2.45) is 0 Å². The number of aromatic nitrogens is 1. The summed E-state index contributed by atoms with van der Waals surface area (Å²) >= 11 is 7.52. The predicted molar refractivity (Wildman–Crippen MR) is 189 cm³/mol. The molecule has 0 saturated heterocycles. The second-order valence-electron chi connectivity index (χ2n) is 10.5. The van der Waals surface area contributed by atoms with Gasteiger partial charge in [0.2, 0.25) is 5.78 Å². The number of allylic oxidation sites excluding steroid dienone is 1. The number of hydrogen-bond acceptors (Lipinski definition) is 8. The topological polar surface area (TPSA) is 95.9 Å². The largest absolute Gasteiger partial charge is 0.496 e. The quantitative estimate of drug-likeness (QED) is 0.0382. The summed E-state index contributed by atoms with van der Waals surface area (Å²) in [5, 5.41) is 2.32. The third-order valence-electron chi connectivity index (χ3n) is 7.53. The molecule has 1 aromatic heterocycles. The summed E-state index contributed by atoms with van der Waals surface area (Å²) < 4.78 is 31.1. The number of aryl methyl sites for hydroxylation is 2. The van der Waals surface area contributed by atoms with Gasteiger partial charge in [0.05, 0.1) is 13.2 Å². The highest BCUT2D eigenvalue weighted by atomic mass is 35.5. The molecule has 0 unspecified atom stereocenters. The molecule has 8 nitrogen and oxygen atoms in total. The van der Waals surface area contributed by atoms with E-state index in [9.17, 15) is 14.2 Å². The zero-order chi connectivity index (χ0) is 33.6. The van der Waals surface area contributed by atoms with E-state index < -0.39 is 7.82 Å². The van der Waals surface area contributed by atoms with E-state index >= 15 is 0 Å². The molecule has 47 heavy (non-hydrogen) atoms. The van der Waals surface area contributed by atoms with Crippen LogP contribution in [0.5, 0.6) is 0 Å². The summed E-state index contributed by atoms with van der Waals surface area (Å²) in [5.41, 5.74) is 7.05. The number of Topliss-reactive ketones (excluding diaryl/α,β-unsaturated/α-hetero) is 1. The molecule has 0 aliphatic heterocycles. The lowest BCUT2D eigenvalue weighted by atomic mass is 9.97. The zero-order valence-electron chi connectivity index (χ0n) is 26.6. The molecule has 5 aromatic rings. The molecule has 0 radical (unpaired) electrons. The molecule has 0 fully saturated rings. The number of nitrogens with one attached hydrogen (secondary N) is 1. The number of ketones is 2. The predicted octanol–water partition coefficient (Wildman–Crippen LogP) is 9.57. The van der Waals surface area contributed by atoms with Crippen molar-refractivity contribution in [3.8, 4) is 0 Å².